The molecule has 2 aromatic carbocycles. The second kappa shape index (κ2) is 7.05. The third kappa shape index (κ3) is 3.28. The second-order valence-electron chi connectivity index (χ2n) is 7.41. The molecule has 0 unspecified atom stereocenters. The molecule has 0 aliphatic heterocycles. The van der Waals surface area contributed by atoms with Crippen molar-refractivity contribution in [3.8, 4) is 22.5 Å². The van der Waals surface area contributed by atoms with Crippen LogP contribution in [0.1, 0.15) is 16.9 Å². The first-order valence-corrected chi connectivity index (χ1v) is 9.32. The first kappa shape index (κ1) is 17.6. The first-order chi connectivity index (χ1) is 13.0. The molecule has 27 heavy (non-hydrogen) atoms. The zero-order chi connectivity index (χ0) is 19.0. The largest absolute Gasteiger partial charge is 0.360 e. The Kier molecular flexibility index (Phi) is 4.58. The minimum atomic E-state index is 0.836. The zero-order valence-electron chi connectivity index (χ0n) is 16.3. The van der Waals surface area contributed by atoms with Crippen molar-refractivity contribution in [2.75, 3.05) is 20.6 Å². The number of nitrogens with zero attached hydrogens (tertiary/aromatic N) is 2. The fraction of sp³-hybridized carbons (Fsp3) is 0.261. The number of hydrogen-bond acceptors (Lipinski definition) is 3. The Balaban J connectivity index is 1.94. The summed E-state index contributed by atoms with van der Waals surface area (Å²) in [4.78, 5) is 5.87. The van der Waals surface area contributed by atoms with Crippen molar-refractivity contribution >= 4 is 10.9 Å². The lowest BCUT2D eigenvalue weighted by Gasteiger charge is -2.11. The van der Waals surface area contributed by atoms with E-state index < -0.39 is 0 Å². The van der Waals surface area contributed by atoms with Crippen LogP contribution in [0.2, 0.25) is 0 Å². The molecule has 4 rings (SSSR count). The average molecular weight is 359 g/mol. The van der Waals surface area contributed by atoms with Crippen LogP contribution < -0.4 is 0 Å². The maximum Gasteiger partial charge on any atom is 0.143 e. The highest BCUT2D eigenvalue weighted by Gasteiger charge is 2.22. The molecular weight excluding hydrogens is 334 g/mol. The molecule has 2 heterocycles. The molecule has 4 heteroatoms. The second-order valence-corrected chi connectivity index (χ2v) is 7.41. The minimum absolute atomic E-state index is 0.836. The Morgan fingerprint density at radius 1 is 1.04 bits per heavy atom. The van der Waals surface area contributed by atoms with Crippen LogP contribution in [0.3, 0.4) is 0 Å². The number of aryl methyl sites for hydroxylation is 2. The predicted octanol–water partition coefficient (Wildman–Crippen LogP) is 5.21. The highest BCUT2D eigenvalue weighted by Crippen LogP contribution is 2.38. The van der Waals surface area contributed by atoms with Crippen LogP contribution in [0.5, 0.6) is 0 Å². The van der Waals surface area contributed by atoms with Crippen molar-refractivity contribution in [1.82, 2.24) is 15.0 Å². The number of hydrogen-bond donors (Lipinski definition) is 1. The van der Waals surface area contributed by atoms with E-state index in [1.807, 2.05) is 25.1 Å². The van der Waals surface area contributed by atoms with Crippen molar-refractivity contribution in [3.05, 3.63) is 65.4 Å². The highest BCUT2D eigenvalue weighted by molar-refractivity contribution is 5.94. The Bertz CT molecular complexity index is 1070. The summed E-state index contributed by atoms with van der Waals surface area (Å²) >= 11 is 0. The Hall–Kier alpha value is -2.85. The van der Waals surface area contributed by atoms with E-state index in [-0.39, 0.29) is 0 Å². The normalized spacial score (nSPS) is 11.6. The van der Waals surface area contributed by atoms with Crippen molar-refractivity contribution < 1.29 is 4.52 Å². The predicted molar refractivity (Wildman–Crippen MR) is 111 cm³/mol. The third-order valence-corrected chi connectivity index (χ3v) is 5.03. The first-order valence-electron chi connectivity index (χ1n) is 9.32. The van der Waals surface area contributed by atoms with Crippen LogP contribution in [0.25, 0.3) is 33.4 Å². The average Bonchev–Trinajstić information content (AvgIpc) is 3.20. The van der Waals surface area contributed by atoms with E-state index >= 15 is 0 Å². The fourth-order valence-electron chi connectivity index (χ4n) is 3.63. The van der Waals surface area contributed by atoms with Gasteiger partial charge in [-0.25, -0.2) is 0 Å². The number of benzene rings is 2. The van der Waals surface area contributed by atoms with Gasteiger partial charge < -0.3 is 14.4 Å². The van der Waals surface area contributed by atoms with Gasteiger partial charge in [0.25, 0.3) is 0 Å². The fourth-order valence-corrected chi connectivity index (χ4v) is 3.63. The van der Waals surface area contributed by atoms with E-state index in [0.717, 1.165) is 46.8 Å². The molecule has 0 aliphatic carbocycles. The molecule has 0 bridgehead atoms. The van der Waals surface area contributed by atoms with E-state index in [1.54, 1.807) is 0 Å². The smallest absolute Gasteiger partial charge is 0.143 e. The van der Waals surface area contributed by atoms with E-state index in [2.05, 4.69) is 66.4 Å². The minimum Gasteiger partial charge on any atom is -0.360 e. The SMILES string of the molecule is Cc1ccc2[nH]c(-c3c(-c4ccccc4)noc3C)c(CCN(C)C)c2c1. The summed E-state index contributed by atoms with van der Waals surface area (Å²) in [6.07, 6.45) is 0.963. The summed E-state index contributed by atoms with van der Waals surface area (Å²) < 4.78 is 5.62. The number of H-pyrrole nitrogens is 1. The van der Waals surface area contributed by atoms with Gasteiger partial charge in [-0.1, -0.05) is 47.1 Å². The van der Waals surface area contributed by atoms with E-state index in [4.69, 9.17) is 4.52 Å². The molecule has 0 fully saturated rings. The van der Waals surface area contributed by atoms with Gasteiger partial charge in [-0.05, 0) is 52.1 Å². The van der Waals surface area contributed by atoms with Gasteiger partial charge in [0.15, 0.2) is 0 Å². The van der Waals surface area contributed by atoms with Gasteiger partial charge in [-0.3, -0.25) is 0 Å². The van der Waals surface area contributed by atoms with Crippen LogP contribution in [0.4, 0.5) is 0 Å². The van der Waals surface area contributed by atoms with Gasteiger partial charge in [0.05, 0.1) is 11.3 Å². The summed E-state index contributed by atoms with van der Waals surface area (Å²) in [5.74, 6) is 0.836. The number of nitrogens with one attached hydrogen (secondary N) is 1. The van der Waals surface area contributed by atoms with Crippen LogP contribution >= 0.6 is 0 Å². The molecule has 0 saturated carbocycles. The Labute approximate surface area is 159 Å². The van der Waals surface area contributed by atoms with Crippen LogP contribution in [0, 0.1) is 13.8 Å². The van der Waals surface area contributed by atoms with Gasteiger partial charge in [-0.2, -0.15) is 0 Å². The Morgan fingerprint density at radius 3 is 2.56 bits per heavy atom. The van der Waals surface area contributed by atoms with Crippen molar-refractivity contribution in [1.29, 1.82) is 0 Å². The molecule has 0 radical (unpaired) electrons. The summed E-state index contributed by atoms with van der Waals surface area (Å²) in [5.41, 5.74) is 7.89. The van der Waals surface area contributed by atoms with E-state index in [1.165, 1.54) is 16.5 Å². The summed E-state index contributed by atoms with van der Waals surface area (Å²) in [6.45, 7) is 5.11. The van der Waals surface area contributed by atoms with Crippen molar-refractivity contribution in [2.45, 2.75) is 20.3 Å². The lowest BCUT2D eigenvalue weighted by molar-refractivity contribution is 0.400. The van der Waals surface area contributed by atoms with Crippen LogP contribution in [-0.4, -0.2) is 35.7 Å². The van der Waals surface area contributed by atoms with Crippen LogP contribution in [0.15, 0.2) is 53.1 Å². The zero-order valence-corrected chi connectivity index (χ0v) is 16.3. The van der Waals surface area contributed by atoms with Gasteiger partial charge in [0.1, 0.15) is 11.5 Å². The molecule has 138 valence electrons. The number of aromatic nitrogens is 2. The number of fused-ring (bicyclic) bond motifs is 1. The third-order valence-electron chi connectivity index (χ3n) is 5.03. The van der Waals surface area contributed by atoms with Gasteiger partial charge in [0.2, 0.25) is 0 Å². The lowest BCUT2D eigenvalue weighted by Crippen LogP contribution is -2.15. The van der Waals surface area contributed by atoms with Crippen LogP contribution in [-0.2, 0) is 6.42 Å². The molecule has 2 aromatic heterocycles. The Morgan fingerprint density at radius 2 is 1.81 bits per heavy atom. The number of aromatic amines is 1. The standard InChI is InChI=1S/C23H25N3O/c1-15-10-11-20-19(14-15)18(12-13-26(3)4)23(24-20)21-16(2)27-25-22(21)17-8-6-5-7-9-17/h5-11,14,24H,12-13H2,1-4H3. The van der Waals surface area contributed by atoms with Crippen molar-refractivity contribution in [2.24, 2.45) is 0 Å². The van der Waals surface area contributed by atoms with Crippen molar-refractivity contribution in [3.63, 3.8) is 0 Å². The van der Waals surface area contributed by atoms with E-state index in [9.17, 15) is 0 Å². The topological polar surface area (TPSA) is 45.1 Å². The maximum atomic E-state index is 5.62. The van der Waals surface area contributed by atoms with Gasteiger partial charge in [-0.15, -0.1) is 0 Å². The maximum absolute atomic E-state index is 5.62. The molecule has 4 nitrogen and oxygen atoms in total. The summed E-state index contributed by atoms with van der Waals surface area (Å²) in [5, 5.41) is 5.66. The summed E-state index contributed by atoms with van der Waals surface area (Å²) in [7, 11) is 4.22. The molecule has 0 spiro atoms. The number of rotatable bonds is 5. The molecule has 0 atom stereocenters. The molecule has 4 aromatic rings. The lowest BCUT2D eigenvalue weighted by atomic mass is 9.98. The molecule has 0 aliphatic rings. The van der Waals surface area contributed by atoms with Gasteiger partial charge in [0, 0.05) is 23.0 Å². The molecule has 1 N–H and O–H groups in total. The highest BCUT2D eigenvalue weighted by atomic mass is 16.5. The number of likely N-dealkylation sites (N-methyl/N-ethyl adjacent to an activating group) is 1. The monoisotopic (exact) mass is 359 g/mol. The summed E-state index contributed by atoms with van der Waals surface area (Å²) in [6, 6.07) is 16.8. The molecule has 0 saturated heterocycles. The quantitative estimate of drug-likeness (QED) is 0.532. The van der Waals surface area contributed by atoms with E-state index in [0.29, 0.717) is 0 Å². The molecule has 0 amide bonds. The van der Waals surface area contributed by atoms with Gasteiger partial charge >= 0.3 is 0 Å². The molecular formula is C23H25N3O.